The number of benzene rings is 2. The number of imidazole rings is 1. The number of aromatic amines is 1. The molecule has 0 unspecified atom stereocenters. The number of ether oxygens (including phenoxy) is 1. The Morgan fingerprint density at radius 1 is 0.920 bits per heavy atom. The number of hydrogen-bond acceptors (Lipinski definition) is 2. The number of nitrogens with one attached hydrogen (secondary N) is 1. The Balaban J connectivity index is 2.04. The summed E-state index contributed by atoms with van der Waals surface area (Å²) in [6, 6.07) is 7.08. The van der Waals surface area contributed by atoms with Crippen molar-refractivity contribution in [3.05, 3.63) is 58.5 Å². The maximum Gasteiger partial charge on any atom is 0.573 e. The first-order valence-corrected chi connectivity index (χ1v) is 6.73. The predicted molar refractivity (Wildman–Crippen MR) is 75.6 cm³/mol. The molecule has 2 aromatic carbocycles. The number of nitrogens with zero attached hydrogens (tertiary/aromatic N) is 1. The molecule has 0 fully saturated rings. The number of fused-ring (bicyclic) bond motifs is 1. The molecule has 0 spiro atoms. The molecule has 0 bridgehead atoms. The Bertz CT molecular complexity index is 967. The molecule has 132 valence electrons. The fraction of sp³-hybridized carbons (Fsp3) is 0.133. The van der Waals surface area contributed by atoms with Gasteiger partial charge in [0.05, 0.1) is 22.3 Å². The van der Waals surface area contributed by atoms with Crippen LogP contribution >= 0.6 is 0 Å². The van der Waals surface area contributed by atoms with E-state index in [2.05, 4.69) is 9.72 Å². The van der Waals surface area contributed by atoms with Gasteiger partial charge in [0.1, 0.15) is 5.75 Å². The Morgan fingerprint density at radius 2 is 1.56 bits per heavy atom. The molecule has 4 nitrogen and oxygen atoms in total. The molecule has 0 aliphatic carbocycles. The lowest BCUT2D eigenvalue weighted by molar-refractivity contribution is -0.274. The monoisotopic (exact) mass is 362 g/mol. The summed E-state index contributed by atoms with van der Waals surface area (Å²) in [6.07, 6.45) is -9.42. The number of rotatable bonds is 2. The molecule has 3 rings (SSSR count). The van der Waals surface area contributed by atoms with E-state index in [0.717, 1.165) is 34.9 Å². The van der Waals surface area contributed by atoms with E-state index in [-0.39, 0.29) is 16.7 Å². The molecule has 3 aromatic rings. The first-order valence-electron chi connectivity index (χ1n) is 6.73. The van der Waals surface area contributed by atoms with E-state index >= 15 is 0 Å². The highest BCUT2D eigenvalue weighted by atomic mass is 19.4. The fourth-order valence-corrected chi connectivity index (χ4v) is 2.34. The van der Waals surface area contributed by atoms with E-state index in [4.69, 9.17) is 0 Å². The minimum Gasteiger partial charge on any atom is -0.406 e. The molecule has 0 atom stereocenters. The summed E-state index contributed by atoms with van der Waals surface area (Å²) in [7, 11) is 0. The van der Waals surface area contributed by atoms with Gasteiger partial charge in [-0.1, -0.05) is 0 Å². The second-order valence-electron chi connectivity index (χ2n) is 5.04. The summed E-state index contributed by atoms with van der Waals surface area (Å²) < 4.78 is 79.4. The minimum atomic E-state index is -4.85. The average Bonchev–Trinajstić information content (AvgIpc) is 2.80. The van der Waals surface area contributed by atoms with Crippen molar-refractivity contribution < 1.29 is 31.1 Å². The molecule has 25 heavy (non-hydrogen) atoms. The lowest BCUT2D eigenvalue weighted by Gasteiger charge is -2.10. The van der Waals surface area contributed by atoms with Crippen LogP contribution in [0.1, 0.15) is 5.56 Å². The normalized spacial score (nSPS) is 12.6. The molecule has 1 N–H and O–H groups in total. The van der Waals surface area contributed by atoms with E-state index in [1.54, 1.807) is 0 Å². The van der Waals surface area contributed by atoms with Crippen LogP contribution in [0.4, 0.5) is 26.3 Å². The molecule has 1 aromatic heterocycles. The van der Waals surface area contributed by atoms with Crippen molar-refractivity contribution in [1.29, 1.82) is 0 Å². The molecule has 0 aliphatic heterocycles. The van der Waals surface area contributed by atoms with Crippen molar-refractivity contribution in [3.8, 4) is 11.4 Å². The third-order valence-corrected chi connectivity index (χ3v) is 3.34. The Kier molecular flexibility index (Phi) is 3.77. The average molecular weight is 362 g/mol. The molecule has 1 heterocycles. The van der Waals surface area contributed by atoms with Crippen molar-refractivity contribution in [3.63, 3.8) is 0 Å². The van der Waals surface area contributed by atoms with Gasteiger partial charge in [0.25, 0.3) is 0 Å². The van der Waals surface area contributed by atoms with Gasteiger partial charge in [-0.2, -0.15) is 13.2 Å². The SMILES string of the molecule is O=c1[nH]c2cc(C(F)(F)F)ccc2n1-c1ccc(OC(F)(F)F)cc1. The van der Waals surface area contributed by atoms with Crippen molar-refractivity contribution in [2.45, 2.75) is 12.5 Å². The highest BCUT2D eigenvalue weighted by Gasteiger charge is 2.32. The molecule has 0 saturated heterocycles. The molecule has 0 saturated carbocycles. The largest absolute Gasteiger partial charge is 0.573 e. The summed E-state index contributed by atoms with van der Waals surface area (Å²) in [5.74, 6) is -0.483. The van der Waals surface area contributed by atoms with Crippen molar-refractivity contribution in [2.75, 3.05) is 0 Å². The summed E-state index contributed by atoms with van der Waals surface area (Å²) in [5.41, 5.74) is -1.37. The van der Waals surface area contributed by atoms with Gasteiger partial charge in [-0.25, -0.2) is 4.79 Å². The molecular formula is C15H8F6N2O2. The first kappa shape index (κ1) is 16.9. The lowest BCUT2D eigenvalue weighted by Crippen LogP contribution is -2.17. The van der Waals surface area contributed by atoms with Crippen molar-refractivity contribution in [1.82, 2.24) is 9.55 Å². The van der Waals surface area contributed by atoms with Gasteiger partial charge in [0.2, 0.25) is 0 Å². The van der Waals surface area contributed by atoms with Gasteiger partial charge in [0.15, 0.2) is 0 Å². The van der Waals surface area contributed by atoms with Crippen LogP contribution in [0.5, 0.6) is 5.75 Å². The summed E-state index contributed by atoms with van der Waals surface area (Å²) >= 11 is 0. The zero-order valence-corrected chi connectivity index (χ0v) is 12.1. The standard InChI is InChI=1S/C15H8F6N2O2/c16-14(17,18)8-1-6-12-11(7-8)22-13(24)23(12)9-2-4-10(5-3-9)25-15(19,20)21/h1-7H,(H,22,24). The van der Waals surface area contributed by atoms with Crippen LogP contribution in [-0.2, 0) is 6.18 Å². The summed E-state index contributed by atoms with van der Waals surface area (Å²) in [6.45, 7) is 0. The van der Waals surface area contributed by atoms with Gasteiger partial charge >= 0.3 is 18.2 Å². The van der Waals surface area contributed by atoms with Crippen molar-refractivity contribution in [2.24, 2.45) is 0 Å². The minimum absolute atomic E-state index is 0.0459. The van der Waals surface area contributed by atoms with Crippen LogP contribution in [0.2, 0.25) is 0 Å². The number of H-pyrrole nitrogens is 1. The second kappa shape index (κ2) is 5.57. The Labute approximate surface area is 135 Å². The molecular weight excluding hydrogens is 354 g/mol. The molecule has 0 radical (unpaired) electrons. The van der Waals surface area contributed by atoms with Crippen molar-refractivity contribution >= 4 is 11.0 Å². The first-order chi connectivity index (χ1) is 11.5. The smallest absolute Gasteiger partial charge is 0.406 e. The molecule has 0 aliphatic rings. The topological polar surface area (TPSA) is 47.0 Å². The predicted octanol–water partition coefficient (Wildman–Crippen LogP) is 4.24. The number of aromatic nitrogens is 2. The van der Waals surface area contributed by atoms with Crippen LogP contribution in [0.25, 0.3) is 16.7 Å². The van der Waals surface area contributed by atoms with Crippen LogP contribution < -0.4 is 10.4 Å². The molecule has 0 amide bonds. The maximum absolute atomic E-state index is 12.7. The van der Waals surface area contributed by atoms with E-state index in [1.807, 2.05) is 0 Å². The lowest BCUT2D eigenvalue weighted by atomic mass is 10.2. The van der Waals surface area contributed by atoms with E-state index in [0.29, 0.717) is 0 Å². The van der Waals surface area contributed by atoms with Gasteiger partial charge in [-0.05, 0) is 42.5 Å². The second-order valence-corrected chi connectivity index (χ2v) is 5.04. The van der Waals surface area contributed by atoms with Crippen LogP contribution in [0, 0.1) is 0 Å². The van der Waals surface area contributed by atoms with Gasteiger partial charge in [-0.3, -0.25) is 4.57 Å². The summed E-state index contributed by atoms with van der Waals surface area (Å²) in [5, 5.41) is 0. The highest BCUT2D eigenvalue weighted by Crippen LogP contribution is 2.31. The summed E-state index contributed by atoms with van der Waals surface area (Å²) in [4.78, 5) is 14.3. The van der Waals surface area contributed by atoms with Crippen LogP contribution in [0.15, 0.2) is 47.3 Å². The third-order valence-electron chi connectivity index (χ3n) is 3.34. The molecule has 10 heteroatoms. The Hall–Kier alpha value is -2.91. The zero-order chi connectivity index (χ0) is 18.4. The quantitative estimate of drug-likeness (QED) is 0.694. The van der Waals surface area contributed by atoms with Crippen LogP contribution in [0.3, 0.4) is 0 Å². The number of halogens is 6. The number of alkyl halides is 6. The maximum atomic E-state index is 12.7. The Morgan fingerprint density at radius 3 is 2.12 bits per heavy atom. The van der Waals surface area contributed by atoms with E-state index < -0.39 is 29.5 Å². The fourth-order valence-electron chi connectivity index (χ4n) is 2.34. The zero-order valence-electron chi connectivity index (χ0n) is 12.1. The van der Waals surface area contributed by atoms with E-state index in [9.17, 15) is 31.1 Å². The number of hydrogen-bond donors (Lipinski definition) is 1. The highest BCUT2D eigenvalue weighted by molar-refractivity contribution is 5.78. The van der Waals surface area contributed by atoms with Gasteiger partial charge in [0, 0.05) is 0 Å². The van der Waals surface area contributed by atoms with Crippen LogP contribution in [-0.4, -0.2) is 15.9 Å². The van der Waals surface area contributed by atoms with E-state index in [1.165, 1.54) is 12.1 Å². The third kappa shape index (κ3) is 3.47. The van der Waals surface area contributed by atoms with Gasteiger partial charge < -0.3 is 9.72 Å². The van der Waals surface area contributed by atoms with Gasteiger partial charge in [-0.15, -0.1) is 13.2 Å².